The Balaban J connectivity index is 0.00000192. The summed E-state index contributed by atoms with van der Waals surface area (Å²) >= 11 is 0. The highest BCUT2D eigenvalue weighted by Gasteiger charge is 2.16. The molecule has 0 spiro atoms. The van der Waals surface area contributed by atoms with Crippen molar-refractivity contribution in [1.82, 2.24) is 10.6 Å². The van der Waals surface area contributed by atoms with Crippen LogP contribution in [0.25, 0.3) is 0 Å². The van der Waals surface area contributed by atoms with Crippen LogP contribution in [-0.2, 0) is 0 Å². The number of benzene rings is 2. The normalized spacial score (nSPS) is 14.6. The van der Waals surface area contributed by atoms with Gasteiger partial charge in [-0.3, -0.25) is 4.79 Å². The third-order valence-corrected chi connectivity index (χ3v) is 3.75. The molecule has 1 heterocycles. The quantitative estimate of drug-likeness (QED) is 0.902. The Labute approximate surface area is 142 Å². The zero-order chi connectivity index (χ0) is 15.2. The number of hydrogen-bond donors (Lipinski definition) is 2. The first-order valence-corrected chi connectivity index (χ1v) is 7.66. The monoisotopic (exact) mass is 332 g/mol. The van der Waals surface area contributed by atoms with Crippen molar-refractivity contribution in [2.75, 3.05) is 13.1 Å². The van der Waals surface area contributed by atoms with Crippen LogP contribution in [0.3, 0.4) is 0 Å². The summed E-state index contributed by atoms with van der Waals surface area (Å²) in [6.07, 6.45) is 1.96. The second kappa shape index (κ2) is 8.56. The fourth-order valence-corrected chi connectivity index (χ4v) is 2.56. The SMILES string of the molecule is Cl.O=C(NC1CCNCC1)c1cccc(Oc2ccccc2)c1. The van der Waals surface area contributed by atoms with Crippen LogP contribution in [0.2, 0.25) is 0 Å². The first-order chi connectivity index (χ1) is 10.8. The summed E-state index contributed by atoms with van der Waals surface area (Å²) in [4.78, 5) is 12.3. The summed E-state index contributed by atoms with van der Waals surface area (Å²) in [5, 5.41) is 6.38. The van der Waals surface area contributed by atoms with Crippen LogP contribution in [-0.4, -0.2) is 25.0 Å². The number of carbonyl (C=O) groups excluding carboxylic acids is 1. The smallest absolute Gasteiger partial charge is 0.251 e. The Bertz CT molecular complexity index is 628. The number of hydrogen-bond acceptors (Lipinski definition) is 3. The molecule has 0 atom stereocenters. The van der Waals surface area contributed by atoms with Crippen LogP contribution >= 0.6 is 12.4 Å². The van der Waals surface area contributed by atoms with E-state index in [0.29, 0.717) is 11.3 Å². The van der Waals surface area contributed by atoms with Gasteiger partial charge < -0.3 is 15.4 Å². The summed E-state index contributed by atoms with van der Waals surface area (Å²) in [5.41, 5.74) is 0.631. The van der Waals surface area contributed by atoms with Crippen molar-refractivity contribution in [2.24, 2.45) is 0 Å². The molecule has 3 rings (SSSR count). The molecule has 1 amide bonds. The average Bonchev–Trinajstić information content (AvgIpc) is 2.57. The highest BCUT2D eigenvalue weighted by molar-refractivity contribution is 5.94. The Hall–Kier alpha value is -2.04. The van der Waals surface area contributed by atoms with Crippen LogP contribution in [0.15, 0.2) is 54.6 Å². The lowest BCUT2D eigenvalue weighted by atomic mass is 10.1. The Kier molecular flexibility index (Phi) is 6.44. The van der Waals surface area contributed by atoms with E-state index in [0.717, 1.165) is 31.7 Å². The van der Waals surface area contributed by atoms with Crippen LogP contribution in [0.5, 0.6) is 11.5 Å². The standard InChI is InChI=1S/C18H20N2O2.ClH/c21-18(20-15-9-11-19-12-10-15)14-5-4-8-17(13-14)22-16-6-2-1-3-7-16;/h1-8,13,15,19H,9-12H2,(H,20,21);1H. The van der Waals surface area contributed by atoms with Crippen molar-refractivity contribution in [3.8, 4) is 11.5 Å². The fourth-order valence-electron chi connectivity index (χ4n) is 2.56. The molecule has 2 aromatic carbocycles. The molecule has 23 heavy (non-hydrogen) atoms. The van der Waals surface area contributed by atoms with Gasteiger partial charge >= 0.3 is 0 Å². The van der Waals surface area contributed by atoms with Gasteiger partial charge in [0.1, 0.15) is 11.5 Å². The molecule has 2 N–H and O–H groups in total. The summed E-state index contributed by atoms with van der Waals surface area (Å²) in [7, 11) is 0. The number of para-hydroxylation sites is 1. The van der Waals surface area contributed by atoms with Crippen molar-refractivity contribution in [3.63, 3.8) is 0 Å². The van der Waals surface area contributed by atoms with Gasteiger partial charge in [0.2, 0.25) is 0 Å². The minimum Gasteiger partial charge on any atom is -0.457 e. The molecule has 0 aliphatic carbocycles. The molecule has 1 aliphatic rings. The molecule has 0 bridgehead atoms. The van der Waals surface area contributed by atoms with Gasteiger partial charge in [0, 0.05) is 11.6 Å². The van der Waals surface area contributed by atoms with Gasteiger partial charge in [-0.2, -0.15) is 0 Å². The lowest BCUT2D eigenvalue weighted by Gasteiger charge is -2.23. The fraction of sp³-hybridized carbons (Fsp3) is 0.278. The maximum absolute atomic E-state index is 12.3. The molecular weight excluding hydrogens is 312 g/mol. The van der Waals surface area contributed by atoms with Crippen LogP contribution < -0.4 is 15.4 Å². The van der Waals surface area contributed by atoms with Gasteiger partial charge in [0.15, 0.2) is 0 Å². The molecule has 2 aromatic rings. The highest BCUT2D eigenvalue weighted by Crippen LogP contribution is 2.21. The second-order valence-electron chi connectivity index (χ2n) is 5.44. The van der Waals surface area contributed by atoms with Crippen LogP contribution in [0.4, 0.5) is 0 Å². The van der Waals surface area contributed by atoms with Crippen LogP contribution in [0.1, 0.15) is 23.2 Å². The summed E-state index contributed by atoms with van der Waals surface area (Å²) < 4.78 is 5.77. The number of piperidine rings is 1. The minimum atomic E-state index is -0.0367. The largest absolute Gasteiger partial charge is 0.457 e. The predicted octanol–water partition coefficient (Wildman–Crippen LogP) is 3.38. The number of nitrogens with one attached hydrogen (secondary N) is 2. The number of rotatable bonds is 4. The molecule has 1 fully saturated rings. The lowest BCUT2D eigenvalue weighted by molar-refractivity contribution is 0.0929. The lowest BCUT2D eigenvalue weighted by Crippen LogP contribution is -2.42. The van der Waals surface area contributed by atoms with Crippen molar-refractivity contribution < 1.29 is 9.53 Å². The summed E-state index contributed by atoms with van der Waals surface area (Å²) in [6, 6.07) is 17.1. The van der Waals surface area contributed by atoms with E-state index in [9.17, 15) is 4.79 Å². The highest BCUT2D eigenvalue weighted by atomic mass is 35.5. The zero-order valence-electron chi connectivity index (χ0n) is 12.8. The van der Waals surface area contributed by atoms with Crippen molar-refractivity contribution in [2.45, 2.75) is 18.9 Å². The molecule has 4 nitrogen and oxygen atoms in total. The van der Waals surface area contributed by atoms with Gasteiger partial charge in [0.25, 0.3) is 5.91 Å². The number of amides is 1. The number of halogens is 1. The van der Waals surface area contributed by atoms with E-state index in [1.54, 1.807) is 6.07 Å². The molecule has 1 saturated heterocycles. The van der Waals surface area contributed by atoms with Crippen molar-refractivity contribution >= 4 is 18.3 Å². The molecule has 1 aliphatic heterocycles. The van der Waals surface area contributed by atoms with E-state index in [1.165, 1.54) is 0 Å². The second-order valence-corrected chi connectivity index (χ2v) is 5.44. The van der Waals surface area contributed by atoms with E-state index in [2.05, 4.69) is 10.6 Å². The summed E-state index contributed by atoms with van der Waals surface area (Å²) in [5.74, 6) is 1.40. The third kappa shape index (κ3) is 4.98. The number of carbonyl (C=O) groups is 1. The molecule has 0 aromatic heterocycles. The van der Waals surface area contributed by atoms with E-state index in [4.69, 9.17) is 4.74 Å². The zero-order valence-corrected chi connectivity index (χ0v) is 13.6. The Morgan fingerprint density at radius 3 is 2.43 bits per heavy atom. The van der Waals surface area contributed by atoms with Gasteiger partial charge in [-0.05, 0) is 56.3 Å². The van der Waals surface area contributed by atoms with E-state index in [1.807, 2.05) is 48.5 Å². The topological polar surface area (TPSA) is 50.4 Å². The molecule has 5 heteroatoms. The van der Waals surface area contributed by atoms with Crippen molar-refractivity contribution in [3.05, 3.63) is 60.2 Å². The van der Waals surface area contributed by atoms with Gasteiger partial charge in [0.05, 0.1) is 0 Å². The van der Waals surface area contributed by atoms with E-state index < -0.39 is 0 Å². The third-order valence-electron chi connectivity index (χ3n) is 3.75. The van der Waals surface area contributed by atoms with Crippen LogP contribution in [0, 0.1) is 0 Å². The molecule has 0 radical (unpaired) electrons. The minimum absolute atomic E-state index is 0. The molecule has 122 valence electrons. The average molecular weight is 333 g/mol. The van der Waals surface area contributed by atoms with Gasteiger partial charge in [-0.15, -0.1) is 12.4 Å². The molecule has 0 saturated carbocycles. The summed E-state index contributed by atoms with van der Waals surface area (Å²) in [6.45, 7) is 1.92. The van der Waals surface area contributed by atoms with Gasteiger partial charge in [-0.1, -0.05) is 24.3 Å². The predicted molar refractivity (Wildman–Crippen MR) is 93.6 cm³/mol. The Morgan fingerprint density at radius 2 is 1.70 bits per heavy atom. The molecule has 0 unspecified atom stereocenters. The first-order valence-electron chi connectivity index (χ1n) is 7.66. The Morgan fingerprint density at radius 1 is 1.00 bits per heavy atom. The van der Waals surface area contributed by atoms with Crippen molar-refractivity contribution in [1.29, 1.82) is 0 Å². The van der Waals surface area contributed by atoms with E-state index >= 15 is 0 Å². The van der Waals surface area contributed by atoms with E-state index in [-0.39, 0.29) is 24.4 Å². The first kappa shape index (κ1) is 17.3. The maximum Gasteiger partial charge on any atom is 0.251 e. The number of ether oxygens (including phenoxy) is 1. The molecular formula is C18H21ClN2O2. The van der Waals surface area contributed by atoms with Gasteiger partial charge in [-0.25, -0.2) is 0 Å². The maximum atomic E-state index is 12.3.